The first kappa shape index (κ1) is 36.0. The Morgan fingerprint density at radius 3 is 2.14 bits per heavy atom. The molecule has 4 nitrogen and oxygen atoms in total. The van der Waals surface area contributed by atoms with E-state index < -0.39 is 0 Å². The van der Waals surface area contributed by atoms with Crippen LogP contribution < -0.4 is 31.6 Å². The quantitative estimate of drug-likeness (QED) is 0.116. The fraction of sp³-hybridized carbons (Fsp3) is 0.556. The van der Waals surface area contributed by atoms with Gasteiger partial charge in [-0.1, -0.05) is 134 Å². The number of hydrogen-bond donors (Lipinski definition) is 1. The highest BCUT2D eigenvalue weighted by Gasteiger charge is 2.20. The Bertz CT molecular complexity index is 1160. The van der Waals surface area contributed by atoms with Crippen LogP contribution in [0.25, 0.3) is 0 Å². The summed E-state index contributed by atoms with van der Waals surface area (Å²) in [7, 11) is 0. The molecule has 6 heteroatoms. The molecule has 3 aromatic rings. The molecule has 0 bridgehead atoms. The zero-order valence-corrected chi connectivity index (χ0v) is 28.8. The number of thiazole rings is 1. The zero-order valence-electron chi connectivity index (χ0n) is 26.4. The molecule has 0 aliphatic carbocycles. The van der Waals surface area contributed by atoms with Gasteiger partial charge in [0.2, 0.25) is 11.4 Å². The van der Waals surface area contributed by atoms with Gasteiger partial charge in [0.1, 0.15) is 5.75 Å². The fourth-order valence-corrected chi connectivity index (χ4v) is 5.84. The van der Waals surface area contributed by atoms with Crippen LogP contribution in [-0.2, 0) is 23.2 Å². The van der Waals surface area contributed by atoms with Crippen LogP contribution in [0.4, 0.5) is 5.69 Å². The molecule has 1 aromatic heterocycles. The van der Waals surface area contributed by atoms with Crippen LogP contribution in [0.5, 0.6) is 5.75 Å². The van der Waals surface area contributed by atoms with Gasteiger partial charge in [-0.25, -0.2) is 0 Å². The molecule has 0 atom stereocenters. The Kier molecular flexibility index (Phi) is 17.1. The number of ether oxygens (including phenoxy) is 1. The third-order valence-electron chi connectivity index (χ3n) is 7.58. The first-order valence-electron chi connectivity index (χ1n) is 15.9. The second-order valence-electron chi connectivity index (χ2n) is 12.4. The summed E-state index contributed by atoms with van der Waals surface area (Å²) < 4.78 is 8.47. The molecular formula is C36H53BrN2O2S. The Morgan fingerprint density at radius 2 is 1.52 bits per heavy atom. The first-order valence-corrected chi connectivity index (χ1v) is 16.9. The van der Waals surface area contributed by atoms with Crippen LogP contribution >= 0.6 is 11.3 Å². The second kappa shape index (κ2) is 19.9. The molecule has 2 aromatic carbocycles. The van der Waals surface area contributed by atoms with E-state index in [1.807, 2.05) is 12.1 Å². The second-order valence-corrected chi connectivity index (χ2v) is 13.2. The van der Waals surface area contributed by atoms with Gasteiger partial charge >= 0.3 is 0 Å². The van der Waals surface area contributed by atoms with Gasteiger partial charge < -0.3 is 27.0 Å². The van der Waals surface area contributed by atoms with Crippen LogP contribution in [0.2, 0.25) is 0 Å². The first-order chi connectivity index (χ1) is 19.8. The molecule has 0 radical (unpaired) electrons. The maximum Gasteiger partial charge on any atom is 0.228 e. The average Bonchev–Trinajstić information content (AvgIpc) is 3.44. The number of hydrogen-bond acceptors (Lipinski definition) is 3. The maximum atomic E-state index is 12.9. The lowest BCUT2D eigenvalue weighted by Gasteiger charge is -2.23. The van der Waals surface area contributed by atoms with Crippen molar-refractivity contribution in [2.75, 3.05) is 11.9 Å². The minimum absolute atomic E-state index is 0. The van der Waals surface area contributed by atoms with Gasteiger partial charge in [0.25, 0.3) is 0 Å². The highest BCUT2D eigenvalue weighted by Crippen LogP contribution is 2.32. The minimum atomic E-state index is -0.0203. The minimum Gasteiger partial charge on any atom is -1.00 e. The number of halogens is 1. The third-order valence-corrected chi connectivity index (χ3v) is 8.25. The maximum absolute atomic E-state index is 12.9. The van der Waals surface area contributed by atoms with E-state index in [2.05, 4.69) is 85.0 Å². The van der Waals surface area contributed by atoms with Crippen LogP contribution in [0.1, 0.15) is 121 Å². The molecular weight excluding hydrogens is 604 g/mol. The van der Waals surface area contributed by atoms with Crippen LogP contribution in [0.15, 0.2) is 59.6 Å². The highest BCUT2D eigenvalue weighted by molar-refractivity contribution is 7.07. The van der Waals surface area contributed by atoms with Crippen molar-refractivity contribution in [1.29, 1.82) is 0 Å². The number of rotatable bonds is 19. The molecule has 0 saturated carbocycles. The van der Waals surface area contributed by atoms with Crippen molar-refractivity contribution in [1.82, 2.24) is 0 Å². The van der Waals surface area contributed by atoms with E-state index in [1.54, 1.807) is 11.3 Å². The molecule has 3 rings (SSSR count). The van der Waals surface area contributed by atoms with Gasteiger partial charge in [0.05, 0.1) is 18.4 Å². The third kappa shape index (κ3) is 13.9. The van der Waals surface area contributed by atoms with Crippen molar-refractivity contribution in [3.63, 3.8) is 0 Å². The predicted octanol–water partition coefficient (Wildman–Crippen LogP) is 6.65. The number of carbonyl (C=O) groups is 1. The number of nitrogens with zero attached hydrogens (tertiary/aromatic N) is 1. The Hall–Kier alpha value is -2.18. The molecule has 0 fully saturated rings. The Morgan fingerprint density at radius 1 is 0.857 bits per heavy atom. The number of benzene rings is 2. The van der Waals surface area contributed by atoms with Gasteiger partial charge in [0, 0.05) is 11.3 Å². The lowest BCUT2D eigenvalue weighted by Crippen LogP contribution is -3.00. The van der Waals surface area contributed by atoms with Gasteiger partial charge in [0.15, 0.2) is 12.7 Å². The summed E-state index contributed by atoms with van der Waals surface area (Å²) in [5.74, 6) is 0.904. The molecule has 42 heavy (non-hydrogen) atoms. The Labute approximate surface area is 270 Å². The number of carbonyl (C=O) groups excluding carboxylic acids is 1. The largest absolute Gasteiger partial charge is 1.00 e. The van der Waals surface area contributed by atoms with E-state index in [9.17, 15) is 4.79 Å². The lowest BCUT2D eigenvalue weighted by molar-refractivity contribution is -0.683. The van der Waals surface area contributed by atoms with Crippen molar-refractivity contribution in [2.24, 2.45) is 0 Å². The number of aromatic nitrogens is 1. The van der Waals surface area contributed by atoms with Crippen molar-refractivity contribution < 1.29 is 31.1 Å². The molecule has 0 unspecified atom stereocenters. The summed E-state index contributed by atoms with van der Waals surface area (Å²) in [6.45, 7) is 10.4. The molecule has 1 N–H and O–H groups in total. The summed E-state index contributed by atoms with van der Waals surface area (Å²) in [5, 5.41) is 5.15. The summed E-state index contributed by atoms with van der Waals surface area (Å²) in [5.41, 5.74) is 6.23. The van der Waals surface area contributed by atoms with E-state index >= 15 is 0 Å². The molecule has 1 heterocycles. The van der Waals surface area contributed by atoms with Crippen LogP contribution in [-0.4, -0.2) is 12.5 Å². The summed E-state index contributed by atoms with van der Waals surface area (Å²) >= 11 is 1.67. The van der Waals surface area contributed by atoms with Crippen LogP contribution in [0, 0.1) is 0 Å². The molecule has 0 aliphatic heterocycles. The number of anilines is 1. The summed E-state index contributed by atoms with van der Waals surface area (Å²) in [6, 6.07) is 14.4. The standard InChI is InChI=1S/C36H52N2O2S.BrH/c1-5-6-7-8-9-10-11-12-13-14-15-16-23-40-34-26-30(20-21-33(34)36(2,3)4)27-35(39)37-32-19-17-18-31(25-32)28-38-22-24-41-29-38;/h17-22,24-26,29H,5-16,23,27-28H2,1-4H3;1H. The monoisotopic (exact) mass is 656 g/mol. The van der Waals surface area contributed by atoms with E-state index in [0.717, 1.165) is 42.1 Å². The van der Waals surface area contributed by atoms with Gasteiger partial charge in [-0.05, 0) is 41.2 Å². The number of amides is 1. The van der Waals surface area contributed by atoms with Crippen molar-refractivity contribution in [3.05, 3.63) is 76.2 Å². The van der Waals surface area contributed by atoms with E-state index in [1.165, 1.54) is 76.2 Å². The topological polar surface area (TPSA) is 42.2 Å². The average molecular weight is 658 g/mol. The fourth-order valence-electron chi connectivity index (χ4n) is 5.24. The number of nitrogens with one attached hydrogen (secondary N) is 1. The van der Waals surface area contributed by atoms with E-state index in [-0.39, 0.29) is 28.3 Å². The SMILES string of the molecule is CCCCCCCCCCCCCCOc1cc(CC(=O)Nc2cccc(C[n+]3ccsc3)c2)ccc1C(C)(C)C.[Br-]. The van der Waals surface area contributed by atoms with Crippen molar-refractivity contribution in [3.8, 4) is 5.75 Å². The van der Waals surface area contributed by atoms with Gasteiger partial charge in [-0.2, -0.15) is 4.57 Å². The number of unbranched alkanes of at least 4 members (excludes halogenated alkanes) is 11. The summed E-state index contributed by atoms with van der Waals surface area (Å²) in [6.07, 6.45) is 18.4. The molecule has 0 saturated heterocycles. The summed E-state index contributed by atoms with van der Waals surface area (Å²) in [4.78, 5) is 12.9. The smallest absolute Gasteiger partial charge is 0.228 e. The predicted molar refractivity (Wildman–Crippen MR) is 174 cm³/mol. The van der Waals surface area contributed by atoms with Gasteiger partial charge in [-0.15, -0.1) is 0 Å². The Balaban J connectivity index is 0.00000616. The lowest BCUT2D eigenvalue weighted by atomic mass is 9.85. The molecule has 1 amide bonds. The van der Waals surface area contributed by atoms with Crippen LogP contribution in [0.3, 0.4) is 0 Å². The molecule has 0 spiro atoms. The normalized spacial score (nSPS) is 11.2. The zero-order chi connectivity index (χ0) is 29.3. The molecule has 232 valence electrons. The van der Waals surface area contributed by atoms with Crippen molar-refractivity contribution in [2.45, 2.75) is 123 Å². The highest BCUT2D eigenvalue weighted by atomic mass is 79.9. The van der Waals surface area contributed by atoms with Gasteiger partial charge in [-0.3, -0.25) is 4.79 Å². The van der Waals surface area contributed by atoms with E-state index in [0.29, 0.717) is 6.42 Å². The molecule has 0 aliphatic rings. The van der Waals surface area contributed by atoms with E-state index in [4.69, 9.17) is 4.74 Å². The van der Waals surface area contributed by atoms with Crippen molar-refractivity contribution >= 4 is 22.9 Å².